The lowest BCUT2D eigenvalue weighted by atomic mass is 9.99. The van der Waals surface area contributed by atoms with Crippen molar-refractivity contribution < 1.29 is 0 Å². The van der Waals surface area contributed by atoms with Crippen LogP contribution < -0.4 is 0 Å². The number of benzene rings is 13. The van der Waals surface area contributed by atoms with Crippen molar-refractivity contribution in [2.24, 2.45) is 0 Å². The van der Waals surface area contributed by atoms with Gasteiger partial charge in [-0.25, -0.2) is 0 Å². The predicted octanol–water partition coefficient (Wildman–Crippen LogP) is 20.5. The van der Waals surface area contributed by atoms with Crippen LogP contribution in [0.4, 0.5) is 0 Å². The maximum Gasteiger partial charge on any atom is 0.0641 e. The van der Waals surface area contributed by atoms with E-state index in [0.29, 0.717) is 0 Å². The molecule has 0 bridgehead atoms. The van der Waals surface area contributed by atoms with Crippen molar-refractivity contribution in [1.82, 2.24) is 22.8 Å². The summed E-state index contributed by atoms with van der Waals surface area (Å²) in [6.45, 7) is 0. The topological polar surface area (TPSA) is 24.6 Å². The molecule has 83 heavy (non-hydrogen) atoms. The minimum absolute atomic E-state index is 1.11. The molecule has 5 heteroatoms. The molecule has 0 radical (unpaired) electrons. The minimum Gasteiger partial charge on any atom is -0.309 e. The molecule has 0 atom stereocenters. The molecule has 0 spiro atoms. The van der Waals surface area contributed by atoms with Gasteiger partial charge in [-0.3, -0.25) is 0 Å². The summed E-state index contributed by atoms with van der Waals surface area (Å²) >= 11 is 0. The van der Waals surface area contributed by atoms with Crippen molar-refractivity contribution in [3.05, 3.63) is 297 Å². The average molecular weight is 1060 g/mol. The summed E-state index contributed by atoms with van der Waals surface area (Å²) in [7, 11) is 0. The van der Waals surface area contributed by atoms with E-state index in [-0.39, 0.29) is 0 Å². The number of hydrogen-bond acceptors (Lipinski definition) is 0. The van der Waals surface area contributed by atoms with E-state index in [4.69, 9.17) is 0 Å². The monoisotopic (exact) mass is 1060 g/mol. The number of hydrogen-bond donors (Lipinski definition) is 0. The SMILES string of the molecule is c1ccc(-n2c3ccccc3c3cc(-c4ccc5c(c4)c4c(ccc6c7ccc8c(c9cc(-c%10ccc%11c(c%10)c%10ccccc%10n%11-c%10ccccc%10)ccc9n8-c8ccccc8)c7n(-c7ccccc7)c64)n5-c4ccccc4)ccc32)cc1. The summed E-state index contributed by atoms with van der Waals surface area (Å²) in [5.74, 6) is 0. The Labute approximate surface area is 477 Å². The average Bonchev–Trinajstić information content (AvgIpc) is 3.21. The molecule has 5 aromatic heterocycles. The molecule has 5 heterocycles. The molecular formula is C78H49N5. The molecular weight excluding hydrogens is 1010 g/mol. The zero-order valence-corrected chi connectivity index (χ0v) is 45.0. The van der Waals surface area contributed by atoms with Gasteiger partial charge in [-0.15, -0.1) is 0 Å². The van der Waals surface area contributed by atoms with Gasteiger partial charge in [-0.05, 0) is 156 Å². The van der Waals surface area contributed by atoms with Crippen LogP contribution in [0.15, 0.2) is 297 Å². The zero-order chi connectivity index (χ0) is 54.3. The van der Waals surface area contributed by atoms with Crippen LogP contribution in [0.2, 0.25) is 0 Å². The molecule has 0 fully saturated rings. The second-order valence-electron chi connectivity index (χ2n) is 22.0. The Morgan fingerprint density at radius 3 is 0.759 bits per heavy atom. The van der Waals surface area contributed by atoms with E-state index in [1.807, 2.05) is 0 Å². The van der Waals surface area contributed by atoms with Crippen molar-refractivity contribution in [3.8, 4) is 50.7 Å². The molecule has 0 aliphatic heterocycles. The maximum atomic E-state index is 2.59. The Morgan fingerprint density at radius 1 is 0.157 bits per heavy atom. The van der Waals surface area contributed by atoms with Gasteiger partial charge in [0.05, 0.1) is 55.2 Å². The Bertz CT molecular complexity index is 5310. The molecule has 13 aromatic carbocycles. The number of aromatic nitrogens is 5. The number of rotatable bonds is 7. The third-order valence-electron chi connectivity index (χ3n) is 17.6. The smallest absolute Gasteiger partial charge is 0.0641 e. The molecule has 0 amide bonds. The van der Waals surface area contributed by atoms with Crippen LogP contribution in [0, 0.1) is 0 Å². The molecule has 18 rings (SSSR count). The molecule has 0 saturated heterocycles. The Hall–Kier alpha value is -11.1. The molecule has 5 nitrogen and oxygen atoms in total. The standard InChI is InChI=1S/C78H49N5/c1-6-20-54(21-7-1)79-67-32-18-16-30-59(67)63-46-50(34-40-69(63)79)52-36-42-71-65(48-52)75-73(81(71)56-24-10-3-11-25-56)44-38-61-62-39-45-74-76(78(62)83(77(61)75)58-28-14-5-15-29-58)66-49-53(37-43-72(66)82(74)57-26-12-4-13-27-57)51-35-41-70-64(47-51)60-31-17-19-33-68(60)80(70)55-22-8-2-9-23-55/h1-49H. The molecule has 0 unspecified atom stereocenters. The van der Waals surface area contributed by atoms with Crippen LogP contribution in [-0.2, 0) is 0 Å². The largest absolute Gasteiger partial charge is 0.309 e. The molecule has 0 saturated carbocycles. The molecule has 18 aromatic rings. The van der Waals surface area contributed by atoms with Crippen LogP contribution in [0.25, 0.3) is 160 Å². The molecule has 0 N–H and O–H groups in total. The van der Waals surface area contributed by atoms with Crippen LogP contribution >= 0.6 is 0 Å². The summed E-state index contributed by atoms with van der Waals surface area (Å²) in [4.78, 5) is 0. The van der Waals surface area contributed by atoms with Gasteiger partial charge in [0.15, 0.2) is 0 Å². The van der Waals surface area contributed by atoms with Gasteiger partial charge in [-0.1, -0.05) is 164 Å². The highest BCUT2D eigenvalue weighted by atomic mass is 15.0. The van der Waals surface area contributed by atoms with Crippen molar-refractivity contribution in [2.75, 3.05) is 0 Å². The third kappa shape index (κ3) is 6.65. The quantitative estimate of drug-likeness (QED) is 0.152. The van der Waals surface area contributed by atoms with E-state index in [9.17, 15) is 0 Å². The van der Waals surface area contributed by atoms with Crippen molar-refractivity contribution in [2.45, 2.75) is 0 Å². The summed E-state index contributed by atoms with van der Waals surface area (Å²) in [5, 5.41) is 12.2. The van der Waals surface area contributed by atoms with Crippen LogP contribution in [0.3, 0.4) is 0 Å². The lowest BCUT2D eigenvalue weighted by Gasteiger charge is -2.11. The van der Waals surface area contributed by atoms with E-state index >= 15 is 0 Å². The fourth-order valence-electron chi connectivity index (χ4n) is 14.1. The normalized spacial score (nSPS) is 12.1. The molecule has 0 aliphatic carbocycles. The van der Waals surface area contributed by atoms with Crippen molar-refractivity contribution >= 4 is 109 Å². The summed E-state index contributed by atoms with van der Waals surface area (Å²) in [6.07, 6.45) is 0. The van der Waals surface area contributed by atoms with Crippen molar-refractivity contribution in [3.63, 3.8) is 0 Å². The fourth-order valence-corrected chi connectivity index (χ4v) is 14.1. The zero-order valence-electron chi connectivity index (χ0n) is 45.0. The Kier molecular flexibility index (Phi) is 9.73. The van der Waals surface area contributed by atoms with E-state index in [2.05, 4.69) is 320 Å². The van der Waals surface area contributed by atoms with Crippen molar-refractivity contribution in [1.29, 1.82) is 0 Å². The summed E-state index contributed by atoms with van der Waals surface area (Å²) < 4.78 is 12.3. The molecule has 386 valence electrons. The van der Waals surface area contributed by atoms with Gasteiger partial charge in [0.25, 0.3) is 0 Å². The van der Waals surface area contributed by atoms with Gasteiger partial charge in [0.1, 0.15) is 0 Å². The first-order valence-electron chi connectivity index (χ1n) is 28.6. The van der Waals surface area contributed by atoms with Crippen LogP contribution in [-0.4, -0.2) is 22.8 Å². The summed E-state index contributed by atoms with van der Waals surface area (Å²) in [6, 6.07) is 110. The highest BCUT2D eigenvalue weighted by molar-refractivity contribution is 6.32. The number of fused-ring (bicyclic) bond motifs is 17. The number of para-hydroxylation sites is 7. The van der Waals surface area contributed by atoms with Gasteiger partial charge in [0, 0.05) is 82.3 Å². The first-order chi connectivity index (χ1) is 41.2. The Balaban J connectivity index is 0.933. The third-order valence-corrected chi connectivity index (χ3v) is 17.6. The van der Waals surface area contributed by atoms with Gasteiger partial charge in [-0.2, -0.15) is 0 Å². The van der Waals surface area contributed by atoms with Gasteiger partial charge < -0.3 is 22.8 Å². The van der Waals surface area contributed by atoms with Crippen LogP contribution in [0.5, 0.6) is 0 Å². The lowest BCUT2D eigenvalue weighted by Crippen LogP contribution is -1.96. The Morgan fingerprint density at radius 2 is 0.410 bits per heavy atom. The van der Waals surface area contributed by atoms with Gasteiger partial charge in [0.2, 0.25) is 0 Å². The molecule has 0 aliphatic rings. The predicted molar refractivity (Wildman–Crippen MR) is 349 cm³/mol. The second kappa shape index (κ2) is 17.7. The second-order valence-corrected chi connectivity index (χ2v) is 22.0. The van der Waals surface area contributed by atoms with E-state index in [1.54, 1.807) is 0 Å². The van der Waals surface area contributed by atoms with E-state index < -0.39 is 0 Å². The fraction of sp³-hybridized carbons (Fsp3) is 0. The first-order valence-corrected chi connectivity index (χ1v) is 28.6. The maximum absolute atomic E-state index is 2.59. The van der Waals surface area contributed by atoms with Gasteiger partial charge >= 0.3 is 0 Å². The van der Waals surface area contributed by atoms with E-state index in [0.717, 1.165) is 50.5 Å². The minimum atomic E-state index is 1.11. The summed E-state index contributed by atoms with van der Waals surface area (Å²) in [5.41, 5.74) is 22.2. The first kappa shape index (κ1) is 45.7. The highest BCUT2D eigenvalue weighted by Gasteiger charge is 2.26. The highest BCUT2D eigenvalue weighted by Crippen LogP contribution is 2.48. The van der Waals surface area contributed by atoms with Crippen LogP contribution in [0.1, 0.15) is 0 Å². The number of nitrogens with zero attached hydrogens (tertiary/aromatic N) is 5. The van der Waals surface area contributed by atoms with E-state index in [1.165, 1.54) is 109 Å². The lowest BCUT2D eigenvalue weighted by molar-refractivity contribution is 1.17.